The number of rotatable bonds is 10. The van der Waals surface area contributed by atoms with Crippen LogP contribution >= 0.6 is 0 Å². The van der Waals surface area contributed by atoms with Crippen LogP contribution in [0.3, 0.4) is 0 Å². The van der Waals surface area contributed by atoms with Gasteiger partial charge in [-0.3, -0.25) is 10.1 Å². The summed E-state index contributed by atoms with van der Waals surface area (Å²) in [5.74, 6) is 0.245. The molecular weight excluding hydrogens is 442 g/mol. The second-order valence-electron chi connectivity index (χ2n) is 9.69. The van der Waals surface area contributed by atoms with Crippen LogP contribution in [0.2, 0.25) is 25.7 Å². The zero-order chi connectivity index (χ0) is 24.0. The summed E-state index contributed by atoms with van der Waals surface area (Å²) in [4.78, 5) is 24.2. The average Bonchev–Trinajstić information content (AvgIpc) is 3.23. The smallest absolute Gasteiger partial charge is 0.404 e. The highest BCUT2D eigenvalue weighted by Crippen LogP contribution is 2.35. The molecule has 2 aromatic rings. The Kier molecular flexibility index (Phi) is 8.09. The Morgan fingerprint density at radius 2 is 2.03 bits per heavy atom. The van der Waals surface area contributed by atoms with Gasteiger partial charge in [-0.2, -0.15) is 5.10 Å². The maximum Gasteiger partial charge on any atom is 0.404 e. The fourth-order valence-electron chi connectivity index (χ4n) is 3.85. The molecule has 1 aromatic carbocycles. The largest absolute Gasteiger partial charge is 0.465 e. The number of hydrogen-bond acceptors (Lipinski definition) is 6. The molecule has 0 saturated carbocycles. The molecule has 11 heteroatoms. The van der Waals surface area contributed by atoms with Crippen LogP contribution < -0.4 is 10.2 Å². The third kappa shape index (κ3) is 7.29. The summed E-state index contributed by atoms with van der Waals surface area (Å²) in [5, 5.41) is 27.3. The van der Waals surface area contributed by atoms with E-state index in [0.717, 1.165) is 30.0 Å². The molecule has 1 aromatic heterocycles. The maximum absolute atomic E-state index is 11.8. The number of hydrogen-bond donors (Lipinski definition) is 2. The number of aromatic nitrogens is 2. The van der Waals surface area contributed by atoms with Gasteiger partial charge in [0.05, 0.1) is 11.1 Å². The lowest BCUT2D eigenvalue weighted by molar-refractivity contribution is -0.384. The fourth-order valence-corrected chi connectivity index (χ4v) is 4.60. The topological polar surface area (TPSA) is 123 Å². The molecule has 3 rings (SSSR count). The van der Waals surface area contributed by atoms with Crippen molar-refractivity contribution in [3.8, 4) is 11.1 Å². The van der Waals surface area contributed by atoms with Gasteiger partial charge in [-0.25, -0.2) is 9.48 Å². The molecule has 1 amide bonds. The first-order chi connectivity index (χ1) is 15.6. The predicted octanol–water partition coefficient (Wildman–Crippen LogP) is 4.25. The van der Waals surface area contributed by atoms with Crippen molar-refractivity contribution in [3.63, 3.8) is 0 Å². The number of nitro benzene ring substituents is 1. The van der Waals surface area contributed by atoms with Gasteiger partial charge in [-0.1, -0.05) is 25.7 Å². The second-order valence-corrected chi connectivity index (χ2v) is 15.3. The summed E-state index contributed by atoms with van der Waals surface area (Å²) in [6.07, 6.45) is 4.08. The normalized spacial score (nSPS) is 14.9. The van der Waals surface area contributed by atoms with E-state index in [2.05, 4.69) is 30.1 Å². The number of carbonyl (C=O) groups is 1. The van der Waals surface area contributed by atoms with Crippen LogP contribution in [-0.2, 0) is 11.5 Å². The van der Waals surface area contributed by atoms with E-state index in [4.69, 9.17) is 9.84 Å². The molecule has 1 aliphatic rings. The van der Waals surface area contributed by atoms with Crippen LogP contribution in [0, 0.1) is 16.0 Å². The van der Waals surface area contributed by atoms with E-state index >= 15 is 0 Å². The van der Waals surface area contributed by atoms with Crippen LogP contribution in [-0.4, -0.2) is 60.2 Å². The van der Waals surface area contributed by atoms with Crippen LogP contribution in [0.4, 0.5) is 16.2 Å². The molecule has 33 heavy (non-hydrogen) atoms. The first-order valence-corrected chi connectivity index (χ1v) is 14.9. The Morgan fingerprint density at radius 3 is 2.67 bits per heavy atom. The Labute approximate surface area is 194 Å². The maximum atomic E-state index is 11.8. The number of nitrogens with zero attached hydrogens (tertiary/aromatic N) is 4. The number of benzene rings is 1. The van der Waals surface area contributed by atoms with Crippen molar-refractivity contribution in [3.05, 3.63) is 40.7 Å². The zero-order valence-corrected chi connectivity index (χ0v) is 20.5. The first kappa shape index (κ1) is 24.7. The predicted molar refractivity (Wildman–Crippen MR) is 129 cm³/mol. The molecule has 0 radical (unpaired) electrons. The number of ether oxygens (including phenoxy) is 1. The summed E-state index contributed by atoms with van der Waals surface area (Å²) >= 11 is 0. The standard InChI is InChI=1S/C22H33N5O5Si/c1-33(2,3)11-10-32-16-26-15-19(14-24-26)18-4-5-20(21(12-18)27(30)31)25-8-6-17(7-9-25)13-23-22(28)29/h4-5,12,14-15,17,23H,6-11,13,16H2,1-3H3,(H,28,29). The summed E-state index contributed by atoms with van der Waals surface area (Å²) in [6, 6.07) is 6.36. The van der Waals surface area contributed by atoms with E-state index < -0.39 is 14.2 Å². The van der Waals surface area contributed by atoms with Gasteiger partial charge in [-0.15, -0.1) is 0 Å². The zero-order valence-electron chi connectivity index (χ0n) is 19.5. The van der Waals surface area contributed by atoms with Crippen LogP contribution in [0.25, 0.3) is 11.1 Å². The Hall–Kier alpha value is -2.92. The minimum atomic E-state index is -1.14. The molecule has 180 valence electrons. The van der Waals surface area contributed by atoms with Gasteiger partial charge in [-0.05, 0) is 36.4 Å². The van der Waals surface area contributed by atoms with Crippen LogP contribution in [0.5, 0.6) is 0 Å². The number of carboxylic acid groups (broad SMARTS) is 1. The molecule has 1 aliphatic heterocycles. The van der Waals surface area contributed by atoms with Gasteiger partial charge in [0.2, 0.25) is 0 Å². The molecule has 0 aliphatic carbocycles. The van der Waals surface area contributed by atoms with E-state index in [1.165, 1.54) is 0 Å². The van der Waals surface area contributed by atoms with Crippen LogP contribution in [0.1, 0.15) is 12.8 Å². The molecule has 0 atom stereocenters. The van der Waals surface area contributed by atoms with Crippen molar-refractivity contribution in [2.75, 3.05) is 31.1 Å². The number of anilines is 1. The number of amides is 1. The van der Waals surface area contributed by atoms with Crippen molar-refractivity contribution in [2.45, 2.75) is 45.3 Å². The van der Waals surface area contributed by atoms with E-state index in [1.807, 2.05) is 17.2 Å². The molecule has 10 nitrogen and oxygen atoms in total. The van der Waals surface area contributed by atoms with Gasteiger partial charge in [0.25, 0.3) is 5.69 Å². The van der Waals surface area contributed by atoms with E-state index in [0.29, 0.717) is 38.7 Å². The van der Waals surface area contributed by atoms with Crippen LogP contribution in [0.15, 0.2) is 30.6 Å². The van der Waals surface area contributed by atoms with Crippen molar-refractivity contribution in [1.29, 1.82) is 0 Å². The summed E-state index contributed by atoms with van der Waals surface area (Å²) in [6.45, 7) is 9.69. The number of nitro groups is 1. The molecule has 1 fully saturated rings. The van der Waals surface area contributed by atoms with Gasteiger partial charge < -0.3 is 20.1 Å². The highest BCUT2D eigenvalue weighted by molar-refractivity contribution is 6.76. The molecule has 2 N–H and O–H groups in total. The van der Waals surface area contributed by atoms with E-state index in [1.54, 1.807) is 23.0 Å². The van der Waals surface area contributed by atoms with Crippen molar-refractivity contribution in [2.24, 2.45) is 5.92 Å². The lowest BCUT2D eigenvalue weighted by Crippen LogP contribution is -2.38. The lowest BCUT2D eigenvalue weighted by Gasteiger charge is -2.33. The third-order valence-electron chi connectivity index (χ3n) is 5.86. The lowest BCUT2D eigenvalue weighted by atomic mass is 9.96. The molecular formula is C22H33N5O5Si. The number of nitrogens with one attached hydrogen (secondary N) is 1. The van der Waals surface area contributed by atoms with Crippen molar-refractivity contribution in [1.82, 2.24) is 15.1 Å². The minimum Gasteiger partial charge on any atom is -0.465 e. The Morgan fingerprint density at radius 1 is 1.30 bits per heavy atom. The molecule has 1 saturated heterocycles. The van der Waals surface area contributed by atoms with Crippen molar-refractivity contribution < 1.29 is 19.6 Å². The van der Waals surface area contributed by atoms with Crippen molar-refractivity contribution >= 4 is 25.5 Å². The Bertz CT molecular complexity index is 966. The van der Waals surface area contributed by atoms with E-state index in [9.17, 15) is 14.9 Å². The summed E-state index contributed by atoms with van der Waals surface area (Å²) < 4.78 is 7.43. The second kappa shape index (κ2) is 10.8. The summed E-state index contributed by atoms with van der Waals surface area (Å²) in [5.41, 5.74) is 2.19. The first-order valence-electron chi connectivity index (χ1n) is 11.2. The molecule has 2 heterocycles. The Balaban J connectivity index is 1.64. The molecule has 0 spiro atoms. The quantitative estimate of drug-likeness (QED) is 0.228. The SMILES string of the molecule is C[Si](C)(C)CCOCn1cc(-c2ccc(N3CCC(CNC(=O)O)CC3)c([N+](=O)[O-])c2)cn1. The fraction of sp³-hybridized carbons (Fsp3) is 0.545. The van der Waals surface area contributed by atoms with Gasteiger partial charge in [0.1, 0.15) is 12.4 Å². The van der Waals surface area contributed by atoms with Gasteiger partial charge in [0.15, 0.2) is 0 Å². The summed E-state index contributed by atoms with van der Waals surface area (Å²) in [7, 11) is -1.14. The average molecular weight is 476 g/mol. The minimum absolute atomic E-state index is 0.0637. The highest BCUT2D eigenvalue weighted by Gasteiger charge is 2.25. The third-order valence-corrected chi connectivity index (χ3v) is 7.56. The molecule has 0 bridgehead atoms. The monoisotopic (exact) mass is 475 g/mol. The highest BCUT2D eigenvalue weighted by atomic mass is 28.3. The van der Waals surface area contributed by atoms with Gasteiger partial charge in [0, 0.05) is 52.1 Å². The molecule has 0 unspecified atom stereocenters. The van der Waals surface area contributed by atoms with Gasteiger partial charge >= 0.3 is 6.09 Å². The van der Waals surface area contributed by atoms with E-state index in [-0.39, 0.29) is 16.5 Å². The number of piperidine rings is 1.